The van der Waals surface area contributed by atoms with Crippen LogP contribution in [0.3, 0.4) is 0 Å². The van der Waals surface area contributed by atoms with Crippen LogP contribution in [0.1, 0.15) is 13.8 Å². The number of rotatable bonds is 7. The molecule has 0 saturated heterocycles. The second-order valence-corrected chi connectivity index (χ2v) is 6.78. The third kappa shape index (κ3) is 3.96. The molecule has 0 aliphatic heterocycles. The molecule has 2 rings (SSSR count). The normalized spacial score (nSPS) is 11.6. The summed E-state index contributed by atoms with van der Waals surface area (Å²) in [5.41, 5.74) is 0.765. The number of sulfonamides is 1. The van der Waals surface area contributed by atoms with E-state index >= 15 is 0 Å². The molecule has 1 aromatic heterocycles. The van der Waals surface area contributed by atoms with E-state index in [-0.39, 0.29) is 23.9 Å². The van der Waals surface area contributed by atoms with Gasteiger partial charge in [0.15, 0.2) is 0 Å². The Kier molecular flexibility index (Phi) is 5.51. The van der Waals surface area contributed by atoms with Gasteiger partial charge in [-0.1, -0.05) is 25.1 Å². The molecule has 1 aromatic carbocycles. The summed E-state index contributed by atoms with van der Waals surface area (Å²) in [6, 6.07) is 9.22. The van der Waals surface area contributed by atoms with Gasteiger partial charge in [-0.25, -0.2) is 13.1 Å². The summed E-state index contributed by atoms with van der Waals surface area (Å²) in [6.45, 7) is 3.94. The van der Waals surface area contributed by atoms with E-state index in [9.17, 15) is 13.2 Å². The third-order valence-electron chi connectivity index (χ3n) is 3.26. The van der Waals surface area contributed by atoms with Crippen molar-refractivity contribution >= 4 is 15.9 Å². The number of benzene rings is 1. The minimum absolute atomic E-state index is 0.0625. The fraction of sp³-hybridized carbons (Fsp3) is 0.333. The van der Waals surface area contributed by atoms with E-state index < -0.39 is 10.0 Å². The first-order valence-corrected chi connectivity index (χ1v) is 8.80. The van der Waals surface area contributed by atoms with E-state index in [2.05, 4.69) is 10.4 Å². The summed E-state index contributed by atoms with van der Waals surface area (Å²) in [6.07, 6.45) is 2.74. The van der Waals surface area contributed by atoms with Crippen molar-refractivity contribution in [2.45, 2.75) is 18.7 Å². The molecule has 1 amide bonds. The lowest BCUT2D eigenvalue weighted by atomic mass is 10.3. The Bertz CT molecular complexity index is 756. The molecule has 0 saturated carbocycles. The molecule has 1 heterocycles. The van der Waals surface area contributed by atoms with Crippen molar-refractivity contribution in [2.24, 2.45) is 0 Å². The van der Waals surface area contributed by atoms with Crippen LogP contribution in [0.4, 0.5) is 0 Å². The van der Waals surface area contributed by atoms with Gasteiger partial charge in [-0.2, -0.15) is 9.40 Å². The molecule has 0 bridgehead atoms. The zero-order chi connectivity index (χ0) is 16.9. The number of para-hydroxylation sites is 1. The predicted octanol–water partition coefficient (Wildman–Crippen LogP) is 1.02. The van der Waals surface area contributed by atoms with Crippen LogP contribution in [-0.2, 0) is 14.8 Å². The molecule has 0 radical (unpaired) electrons. The maximum atomic E-state index is 12.6. The predicted molar refractivity (Wildman–Crippen MR) is 86.7 cm³/mol. The fourth-order valence-corrected chi connectivity index (χ4v) is 3.43. The first-order valence-electron chi connectivity index (χ1n) is 7.36. The molecular formula is C15H20N4O3S. The summed E-state index contributed by atoms with van der Waals surface area (Å²) in [7, 11) is -3.76. The second-order valence-electron chi connectivity index (χ2n) is 4.84. The minimum atomic E-state index is -3.76. The number of carbonyl (C=O) groups excluding carboxylic acids is 1. The highest BCUT2D eigenvalue weighted by Crippen LogP contribution is 2.16. The van der Waals surface area contributed by atoms with Crippen LogP contribution in [-0.4, -0.2) is 48.0 Å². The first-order chi connectivity index (χ1) is 11.0. The Morgan fingerprint density at radius 1 is 1.26 bits per heavy atom. The van der Waals surface area contributed by atoms with Gasteiger partial charge in [-0.05, 0) is 19.1 Å². The molecule has 0 unspecified atom stereocenters. The van der Waals surface area contributed by atoms with Gasteiger partial charge < -0.3 is 5.32 Å². The SMILES string of the molecule is CCNC(=O)CN(CC)S(=O)(=O)c1cnn(-c2ccccc2)c1. The summed E-state index contributed by atoms with van der Waals surface area (Å²) < 4.78 is 27.9. The molecule has 124 valence electrons. The van der Waals surface area contributed by atoms with Crippen molar-refractivity contribution in [3.05, 3.63) is 42.7 Å². The molecule has 8 heteroatoms. The van der Waals surface area contributed by atoms with Gasteiger partial charge in [0.2, 0.25) is 15.9 Å². The lowest BCUT2D eigenvalue weighted by Gasteiger charge is -2.18. The monoisotopic (exact) mass is 336 g/mol. The van der Waals surface area contributed by atoms with Gasteiger partial charge in [-0.15, -0.1) is 0 Å². The maximum Gasteiger partial charge on any atom is 0.246 e. The van der Waals surface area contributed by atoms with Crippen LogP contribution in [0.25, 0.3) is 5.69 Å². The maximum absolute atomic E-state index is 12.6. The van der Waals surface area contributed by atoms with Crippen LogP contribution in [0.15, 0.2) is 47.6 Å². The van der Waals surface area contributed by atoms with Crippen LogP contribution >= 0.6 is 0 Å². The number of aromatic nitrogens is 2. The standard InChI is InChI=1S/C15H20N4O3S/c1-3-16-15(20)12-18(4-2)23(21,22)14-10-17-19(11-14)13-8-6-5-7-9-13/h5-11H,3-4,12H2,1-2H3,(H,16,20). The number of carbonyl (C=O) groups is 1. The Balaban J connectivity index is 2.25. The van der Waals surface area contributed by atoms with E-state index in [1.807, 2.05) is 30.3 Å². The number of nitrogens with zero attached hydrogens (tertiary/aromatic N) is 3. The van der Waals surface area contributed by atoms with E-state index in [4.69, 9.17) is 0 Å². The van der Waals surface area contributed by atoms with Crippen LogP contribution < -0.4 is 5.32 Å². The lowest BCUT2D eigenvalue weighted by Crippen LogP contribution is -2.40. The second kappa shape index (κ2) is 7.38. The van der Waals surface area contributed by atoms with Crippen LogP contribution in [0.5, 0.6) is 0 Å². The minimum Gasteiger partial charge on any atom is -0.355 e. The molecule has 7 nitrogen and oxygen atoms in total. The zero-order valence-corrected chi connectivity index (χ0v) is 14.0. The highest BCUT2D eigenvalue weighted by Gasteiger charge is 2.26. The highest BCUT2D eigenvalue weighted by molar-refractivity contribution is 7.89. The molecule has 0 fully saturated rings. The summed E-state index contributed by atoms with van der Waals surface area (Å²) in [5, 5.41) is 6.69. The van der Waals surface area contributed by atoms with Crippen molar-refractivity contribution in [3.8, 4) is 5.69 Å². The Hall–Kier alpha value is -2.19. The number of amides is 1. The average molecular weight is 336 g/mol. The van der Waals surface area contributed by atoms with Gasteiger partial charge in [0.1, 0.15) is 4.90 Å². The van der Waals surface area contributed by atoms with Crippen LogP contribution in [0.2, 0.25) is 0 Å². The summed E-state index contributed by atoms with van der Waals surface area (Å²) in [4.78, 5) is 11.7. The fourth-order valence-electron chi connectivity index (χ4n) is 2.09. The van der Waals surface area contributed by atoms with Crippen LogP contribution in [0, 0.1) is 0 Å². The van der Waals surface area contributed by atoms with Crippen molar-refractivity contribution in [3.63, 3.8) is 0 Å². The van der Waals surface area contributed by atoms with Gasteiger partial charge in [0.25, 0.3) is 0 Å². The van der Waals surface area contributed by atoms with Crippen molar-refractivity contribution in [1.29, 1.82) is 0 Å². The summed E-state index contributed by atoms with van der Waals surface area (Å²) >= 11 is 0. The number of nitrogens with one attached hydrogen (secondary N) is 1. The number of likely N-dealkylation sites (N-methyl/N-ethyl adjacent to an activating group) is 2. The smallest absolute Gasteiger partial charge is 0.246 e. The molecule has 0 aliphatic carbocycles. The Labute approximate surface area is 136 Å². The molecule has 0 aliphatic rings. The van der Waals surface area contributed by atoms with Crippen molar-refractivity contribution in [1.82, 2.24) is 19.4 Å². The highest BCUT2D eigenvalue weighted by atomic mass is 32.2. The summed E-state index contributed by atoms with van der Waals surface area (Å²) in [5.74, 6) is -0.326. The van der Waals surface area contributed by atoms with Crippen molar-refractivity contribution < 1.29 is 13.2 Å². The molecule has 1 N–H and O–H groups in total. The average Bonchev–Trinajstić information content (AvgIpc) is 3.04. The van der Waals surface area contributed by atoms with E-state index in [1.54, 1.807) is 13.8 Å². The quantitative estimate of drug-likeness (QED) is 0.818. The lowest BCUT2D eigenvalue weighted by molar-refractivity contribution is -0.121. The number of hydrogen-bond acceptors (Lipinski definition) is 4. The third-order valence-corrected chi connectivity index (χ3v) is 5.14. The first kappa shape index (κ1) is 17.2. The number of hydrogen-bond donors (Lipinski definition) is 1. The topological polar surface area (TPSA) is 84.3 Å². The Morgan fingerprint density at radius 2 is 1.96 bits per heavy atom. The zero-order valence-electron chi connectivity index (χ0n) is 13.1. The molecule has 0 atom stereocenters. The van der Waals surface area contributed by atoms with Gasteiger partial charge in [0.05, 0.1) is 24.6 Å². The van der Waals surface area contributed by atoms with Crippen molar-refractivity contribution in [2.75, 3.05) is 19.6 Å². The van der Waals surface area contributed by atoms with Gasteiger partial charge in [-0.3, -0.25) is 4.79 Å². The molecule has 2 aromatic rings. The van der Waals surface area contributed by atoms with E-state index in [0.29, 0.717) is 6.54 Å². The molecule has 23 heavy (non-hydrogen) atoms. The van der Waals surface area contributed by atoms with Gasteiger partial charge in [0, 0.05) is 13.1 Å². The largest absolute Gasteiger partial charge is 0.355 e. The van der Waals surface area contributed by atoms with E-state index in [0.717, 1.165) is 9.99 Å². The van der Waals surface area contributed by atoms with Gasteiger partial charge >= 0.3 is 0 Å². The molecule has 0 spiro atoms. The Morgan fingerprint density at radius 3 is 2.57 bits per heavy atom. The van der Waals surface area contributed by atoms with E-state index in [1.165, 1.54) is 17.1 Å². The molecular weight excluding hydrogens is 316 g/mol.